The molecule has 1 aliphatic carbocycles. The van der Waals surface area contributed by atoms with Gasteiger partial charge in [0.2, 0.25) is 0 Å². The molecule has 1 aromatic rings. The Bertz CT molecular complexity index is 419. The van der Waals surface area contributed by atoms with Gasteiger partial charge < -0.3 is 0 Å². The molecule has 0 saturated heterocycles. The Balaban J connectivity index is 2.17. The van der Waals surface area contributed by atoms with Crippen molar-refractivity contribution in [2.75, 3.05) is 0 Å². The summed E-state index contributed by atoms with van der Waals surface area (Å²) in [6, 6.07) is 7.76. The second-order valence-electron chi connectivity index (χ2n) is 4.67. The molecule has 2 heteroatoms. The molecule has 0 amide bonds. The predicted molar refractivity (Wildman–Crippen MR) is 66.6 cm³/mol. The average molecular weight is 235 g/mol. The molecule has 2 rings (SSSR count). The molecule has 0 saturated carbocycles. The zero-order chi connectivity index (χ0) is 11.6. The first-order valence-corrected chi connectivity index (χ1v) is 5.93. The summed E-state index contributed by atoms with van der Waals surface area (Å²) in [6.07, 6.45) is 6.42. The van der Waals surface area contributed by atoms with Crippen LogP contribution in [0.15, 0.2) is 36.4 Å². The zero-order valence-electron chi connectivity index (χ0n) is 9.37. The molecular weight excluding hydrogens is 220 g/mol. The molecule has 1 aliphatic rings. The van der Waals surface area contributed by atoms with E-state index in [0.717, 1.165) is 24.3 Å². The lowest BCUT2D eigenvalue weighted by Gasteiger charge is -2.29. The first-order valence-electron chi connectivity index (χ1n) is 5.56. The Morgan fingerprint density at radius 3 is 2.62 bits per heavy atom. The Morgan fingerprint density at radius 1 is 1.31 bits per heavy atom. The van der Waals surface area contributed by atoms with Gasteiger partial charge in [0.15, 0.2) is 5.78 Å². The zero-order valence-corrected chi connectivity index (χ0v) is 10.1. The fourth-order valence-electron chi connectivity index (χ4n) is 2.14. The van der Waals surface area contributed by atoms with Gasteiger partial charge in [-0.2, -0.15) is 0 Å². The minimum absolute atomic E-state index is 0.234. The molecule has 16 heavy (non-hydrogen) atoms. The van der Waals surface area contributed by atoms with Gasteiger partial charge in [-0.25, -0.2) is 0 Å². The number of halogens is 1. The predicted octanol–water partition coefficient (Wildman–Crippen LogP) is 3.81. The number of hydrogen-bond donors (Lipinski definition) is 0. The molecule has 1 unspecified atom stereocenters. The third-order valence-corrected chi connectivity index (χ3v) is 3.49. The van der Waals surface area contributed by atoms with Crippen molar-refractivity contribution in [2.24, 2.45) is 5.41 Å². The summed E-state index contributed by atoms with van der Waals surface area (Å²) in [7, 11) is 0. The molecule has 1 nitrogen and oxygen atoms in total. The highest BCUT2D eigenvalue weighted by Gasteiger charge is 2.32. The van der Waals surface area contributed by atoms with Crippen molar-refractivity contribution < 1.29 is 4.79 Å². The summed E-state index contributed by atoms with van der Waals surface area (Å²) in [5.41, 5.74) is 0.943. The first-order chi connectivity index (χ1) is 7.60. The van der Waals surface area contributed by atoms with Crippen molar-refractivity contribution in [3.8, 4) is 0 Å². The fraction of sp³-hybridized carbons (Fsp3) is 0.357. The van der Waals surface area contributed by atoms with Gasteiger partial charge in [0.1, 0.15) is 0 Å². The number of hydrogen-bond acceptors (Lipinski definition) is 1. The second-order valence-corrected chi connectivity index (χ2v) is 5.11. The highest BCUT2D eigenvalue weighted by atomic mass is 35.5. The van der Waals surface area contributed by atoms with E-state index in [2.05, 4.69) is 0 Å². The topological polar surface area (TPSA) is 17.1 Å². The van der Waals surface area contributed by atoms with Crippen LogP contribution in [0.2, 0.25) is 5.02 Å². The van der Waals surface area contributed by atoms with Crippen molar-refractivity contribution in [2.45, 2.75) is 26.2 Å². The maximum Gasteiger partial charge on any atom is 0.161 e. The van der Waals surface area contributed by atoms with Crippen molar-refractivity contribution in [1.82, 2.24) is 0 Å². The van der Waals surface area contributed by atoms with E-state index in [0.29, 0.717) is 0 Å². The smallest absolute Gasteiger partial charge is 0.161 e. The van der Waals surface area contributed by atoms with E-state index in [9.17, 15) is 4.79 Å². The van der Waals surface area contributed by atoms with Gasteiger partial charge in [-0.15, -0.1) is 0 Å². The number of ketones is 1. The maximum atomic E-state index is 11.9. The molecule has 0 bridgehead atoms. The van der Waals surface area contributed by atoms with E-state index in [1.54, 1.807) is 6.08 Å². The molecule has 1 atom stereocenters. The largest absolute Gasteiger partial charge is 0.294 e. The van der Waals surface area contributed by atoms with E-state index >= 15 is 0 Å². The molecule has 0 aromatic heterocycles. The van der Waals surface area contributed by atoms with E-state index in [4.69, 9.17) is 11.6 Å². The van der Waals surface area contributed by atoms with E-state index < -0.39 is 0 Å². The van der Waals surface area contributed by atoms with E-state index in [1.165, 1.54) is 5.56 Å². The minimum atomic E-state index is -0.234. The first kappa shape index (κ1) is 11.4. The lowest BCUT2D eigenvalue weighted by molar-refractivity contribution is -0.123. The van der Waals surface area contributed by atoms with Crippen LogP contribution in [0.5, 0.6) is 0 Å². The molecule has 1 aromatic carbocycles. The Kier molecular flexibility index (Phi) is 3.15. The number of rotatable bonds is 2. The second kappa shape index (κ2) is 4.42. The summed E-state index contributed by atoms with van der Waals surface area (Å²) in [4.78, 5) is 11.9. The third-order valence-electron chi connectivity index (χ3n) is 3.23. The molecule has 0 spiro atoms. The van der Waals surface area contributed by atoms with E-state index in [-0.39, 0.29) is 11.2 Å². The number of allylic oxidation sites excluding steroid dienone is 2. The van der Waals surface area contributed by atoms with Gasteiger partial charge in [-0.05, 0) is 43.0 Å². The van der Waals surface area contributed by atoms with Gasteiger partial charge in [-0.1, -0.05) is 36.7 Å². The van der Waals surface area contributed by atoms with Crippen LogP contribution < -0.4 is 0 Å². The average Bonchev–Trinajstić information content (AvgIpc) is 2.26. The summed E-state index contributed by atoms with van der Waals surface area (Å²) >= 11 is 5.84. The van der Waals surface area contributed by atoms with Gasteiger partial charge >= 0.3 is 0 Å². The summed E-state index contributed by atoms with van der Waals surface area (Å²) < 4.78 is 0. The van der Waals surface area contributed by atoms with Crippen molar-refractivity contribution in [1.29, 1.82) is 0 Å². The quantitative estimate of drug-likeness (QED) is 0.761. The van der Waals surface area contributed by atoms with Crippen LogP contribution in [0.4, 0.5) is 0 Å². The number of carbonyl (C=O) groups excluding carboxylic acids is 1. The van der Waals surface area contributed by atoms with Crippen molar-refractivity contribution >= 4 is 17.4 Å². The summed E-state index contributed by atoms with van der Waals surface area (Å²) in [5.74, 6) is 0.244. The standard InChI is InChI=1S/C14H15ClO/c1-14(9-3-2-4-13(14)16)10-11-5-7-12(15)8-6-11/h2,4-8H,3,9-10H2,1H3. The van der Waals surface area contributed by atoms with Gasteiger partial charge in [-0.3, -0.25) is 4.79 Å². The van der Waals surface area contributed by atoms with Gasteiger partial charge in [0, 0.05) is 10.4 Å². The van der Waals surface area contributed by atoms with Crippen LogP contribution in [0.1, 0.15) is 25.3 Å². The van der Waals surface area contributed by atoms with Crippen molar-refractivity contribution in [3.05, 3.63) is 47.0 Å². The Hall–Kier alpha value is -1.08. The SMILES string of the molecule is CC1(Cc2ccc(Cl)cc2)CCC=CC1=O. The molecular formula is C14H15ClO. The lowest BCUT2D eigenvalue weighted by atomic mass is 9.73. The number of benzene rings is 1. The van der Waals surface area contributed by atoms with Gasteiger partial charge in [0.05, 0.1) is 0 Å². The highest BCUT2D eigenvalue weighted by molar-refractivity contribution is 6.30. The Labute approximate surface area is 101 Å². The molecule has 84 valence electrons. The van der Waals surface area contributed by atoms with Gasteiger partial charge in [0.25, 0.3) is 0 Å². The molecule has 0 fully saturated rings. The summed E-state index contributed by atoms with van der Waals surface area (Å²) in [6.45, 7) is 2.05. The number of carbonyl (C=O) groups is 1. The Morgan fingerprint density at radius 2 is 2.00 bits per heavy atom. The van der Waals surface area contributed by atoms with Crippen LogP contribution >= 0.6 is 11.6 Å². The van der Waals surface area contributed by atoms with Crippen LogP contribution in [0.3, 0.4) is 0 Å². The van der Waals surface area contributed by atoms with Crippen LogP contribution in [0.25, 0.3) is 0 Å². The minimum Gasteiger partial charge on any atom is -0.294 e. The molecule has 0 aliphatic heterocycles. The summed E-state index contributed by atoms with van der Waals surface area (Å²) in [5, 5.41) is 0.740. The molecule has 0 N–H and O–H groups in total. The fourth-order valence-corrected chi connectivity index (χ4v) is 2.27. The lowest BCUT2D eigenvalue weighted by Crippen LogP contribution is -2.30. The van der Waals surface area contributed by atoms with Crippen LogP contribution in [0, 0.1) is 5.41 Å². The molecule has 0 radical (unpaired) electrons. The molecule has 0 heterocycles. The van der Waals surface area contributed by atoms with E-state index in [1.807, 2.05) is 37.3 Å². The highest BCUT2D eigenvalue weighted by Crippen LogP contribution is 2.33. The maximum absolute atomic E-state index is 11.9. The van der Waals surface area contributed by atoms with Crippen LogP contribution in [-0.4, -0.2) is 5.78 Å². The monoisotopic (exact) mass is 234 g/mol. The normalized spacial score (nSPS) is 24.8. The third kappa shape index (κ3) is 2.35. The van der Waals surface area contributed by atoms with Crippen LogP contribution in [-0.2, 0) is 11.2 Å². The van der Waals surface area contributed by atoms with Crippen molar-refractivity contribution in [3.63, 3.8) is 0 Å².